The van der Waals surface area contributed by atoms with Crippen molar-refractivity contribution in [2.24, 2.45) is 7.05 Å². The minimum absolute atomic E-state index is 0.276. The highest BCUT2D eigenvalue weighted by Gasteiger charge is 2.35. The van der Waals surface area contributed by atoms with Crippen molar-refractivity contribution < 1.29 is 47.7 Å². The van der Waals surface area contributed by atoms with Crippen LogP contribution in [0.4, 0.5) is 35.1 Å². The molecular formula is C26H16F8N2O3S. The third kappa shape index (κ3) is 4.59. The molecule has 5 nitrogen and oxygen atoms in total. The fraction of sp³-hybridized carbons (Fsp3) is 0.192. The molecule has 210 valence electrons. The predicted molar refractivity (Wildman–Crippen MR) is 124 cm³/mol. The molecule has 0 amide bonds. The van der Waals surface area contributed by atoms with Crippen molar-refractivity contribution in [3.05, 3.63) is 100 Å². The predicted octanol–water partition coefficient (Wildman–Crippen LogP) is 6.65. The van der Waals surface area contributed by atoms with Gasteiger partial charge in [-0.2, -0.15) is 35.5 Å². The molecule has 1 aliphatic rings. The first-order valence-corrected chi connectivity index (χ1v) is 12.9. The van der Waals surface area contributed by atoms with Crippen LogP contribution in [0, 0.1) is 29.1 Å². The zero-order valence-electron chi connectivity index (χ0n) is 20.2. The normalized spacial score (nSPS) is 15.4. The molecule has 0 N–H and O–H groups in total. The summed E-state index contributed by atoms with van der Waals surface area (Å²) in [6.45, 7) is 0. The van der Waals surface area contributed by atoms with E-state index >= 15 is 0 Å². The molecule has 0 radical (unpaired) electrons. The van der Waals surface area contributed by atoms with Crippen LogP contribution in [0.15, 0.2) is 53.6 Å². The Labute approximate surface area is 221 Å². The molecule has 1 aromatic heterocycles. The molecule has 4 aromatic rings. The first-order valence-electron chi connectivity index (χ1n) is 11.5. The third-order valence-electron chi connectivity index (χ3n) is 6.70. The lowest BCUT2D eigenvalue weighted by molar-refractivity contribution is -0.137. The average molecular weight is 588 g/mol. The number of rotatable bonds is 5. The molecule has 3 aromatic carbocycles. The maximum absolute atomic E-state index is 14.0. The van der Waals surface area contributed by atoms with E-state index < -0.39 is 67.5 Å². The largest absolute Gasteiger partial charge is 0.416 e. The highest BCUT2D eigenvalue weighted by Crippen LogP contribution is 2.44. The molecule has 0 aliphatic heterocycles. The van der Waals surface area contributed by atoms with Crippen LogP contribution in [-0.4, -0.2) is 18.2 Å². The van der Waals surface area contributed by atoms with Crippen LogP contribution in [0.5, 0.6) is 5.75 Å². The highest BCUT2D eigenvalue weighted by atomic mass is 32.2. The van der Waals surface area contributed by atoms with Gasteiger partial charge in [-0.25, -0.2) is 13.2 Å². The molecule has 1 unspecified atom stereocenters. The van der Waals surface area contributed by atoms with Gasteiger partial charge in [0.2, 0.25) is 34.8 Å². The summed E-state index contributed by atoms with van der Waals surface area (Å²) in [6, 6.07) is 8.39. The van der Waals surface area contributed by atoms with E-state index in [1.54, 1.807) is 13.1 Å². The van der Waals surface area contributed by atoms with Crippen LogP contribution in [0.1, 0.15) is 34.6 Å². The molecule has 0 spiro atoms. The van der Waals surface area contributed by atoms with E-state index in [0.29, 0.717) is 28.8 Å². The number of hydrogen-bond acceptors (Lipinski definition) is 4. The number of hydrogen-bond donors (Lipinski definition) is 0. The Morgan fingerprint density at radius 2 is 1.50 bits per heavy atom. The third-order valence-corrected chi connectivity index (χ3v) is 7.91. The van der Waals surface area contributed by atoms with Crippen molar-refractivity contribution >= 4 is 10.1 Å². The number of alkyl halides is 3. The highest BCUT2D eigenvalue weighted by molar-refractivity contribution is 7.87. The van der Waals surface area contributed by atoms with Gasteiger partial charge in [-0.1, -0.05) is 12.1 Å². The number of aryl methyl sites for hydroxylation is 2. The molecule has 1 heterocycles. The molecule has 14 heteroatoms. The summed E-state index contributed by atoms with van der Waals surface area (Å²) in [6.07, 6.45) is -2.51. The maximum Gasteiger partial charge on any atom is 0.416 e. The Kier molecular flexibility index (Phi) is 6.63. The quantitative estimate of drug-likeness (QED) is 0.113. The monoisotopic (exact) mass is 588 g/mol. The van der Waals surface area contributed by atoms with Gasteiger partial charge in [0.15, 0.2) is 0 Å². The second-order valence-electron chi connectivity index (χ2n) is 9.03. The van der Waals surface area contributed by atoms with Crippen molar-refractivity contribution in [3.8, 4) is 17.0 Å². The Morgan fingerprint density at radius 1 is 0.875 bits per heavy atom. The van der Waals surface area contributed by atoms with Crippen LogP contribution < -0.4 is 4.18 Å². The first kappa shape index (κ1) is 27.6. The summed E-state index contributed by atoms with van der Waals surface area (Å²) < 4.78 is 140. The van der Waals surface area contributed by atoms with Gasteiger partial charge >= 0.3 is 16.3 Å². The van der Waals surface area contributed by atoms with E-state index in [1.165, 1.54) is 23.0 Å². The van der Waals surface area contributed by atoms with E-state index in [9.17, 15) is 43.5 Å². The molecule has 1 aliphatic carbocycles. The number of fused-ring (bicyclic) bond motifs is 1. The van der Waals surface area contributed by atoms with Gasteiger partial charge in [-0.3, -0.25) is 4.68 Å². The second kappa shape index (κ2) is 9.61. The van der Waals surface area contributed by atoms with Gasteiger partial charge in [0, 0.05) is 24.7 Å². The van der Waals surface area contributed by atoms with Crippen molar-refractivity contribution in [1.82, 2.24) is 9.78 Å². The fourth-order valence-electron chi connectivity index (χ4n) is 4.78. The summed E-state index contributed by atoms with van der Waals surface area (Å²) in [5.41, 5.74) is 1.39. The Hall–Kier alpha value is -3.94. The Bertz CT molecular complexity index is 1740. The molecule has 1 atom stereocenters. The van der Waals surface area contributed by atoms with Crippen molar-refractivity contribution in [1.29, 1.82) is 0 Å². The first-order chi connectivity index (χ1) is 18.7. The summed E-state index contributed by atoms with van der Waals surface area (Å²) >= 11 is 0. The van der Waals surface area contributed by atoms with Gasteiger partial charge < -0.3 is 4.18 Å². The number of aromatic nitrogens is 2. The van der Waals surface area contributed by atoms with Gasteiger partial charge in [-0.15, -0.1) is 0 Å². The SMILES string of the molecule is Cn1nccc1-c1cc(C(F)(F)F)ccc1C1CCc2cc(S(=O)(=O)Oc3c(F)c(F)c(F)c(F)c3F)ccc21. The van der Waals surface area contributed by atoms with Gasteiger partial charge in [0.05, 0.1) is 11.3 Å². The number of nitrogens with zero attached hydrogens (tertiary/aromatic N) is 2. The summed E-state index contributed by atoms with van der Waals surface area (Å²) in [5, 5.41) is 4.03. The van der Waals surface area contributed by atoms with Crippen molar-refractivity contribution in [3.63, 3.8) is 0 Å². The van der Waals surface area contributed by atoms with Gasteiger partial charge in [-0.05, 0) is 59.9 Å². The molecule has 0 bridgehead atoms. The minimum Gasteiger partial charge on any atom is -0.372 e. The zero-order chi connectivity index (χ0) is 29.1. The van der Waals surface area contributed by atoms with E-state index in [1.807, 2.05) is 0 Å². The lowest BCUT2D eigenvalue weighted by atomic mass is 9.87. The van der Waals surface area contributed by atoms with Crippen LogP contribution in [0.3, 0.4) is 0 Å². The summed E-state index contributed by atoms with van der Waals surface area (Å²) in [5.74, 6) is -14.5. The maximum atomic E-state index is 14.0. The van der Waals surface area contributed by atoms with E-state index in [4.69, 9.17) is 0 Å². The molecule has 5 rings (SSSR count). The van der Waals surface area contributed by atoms with Crippen molar-refractivity contribution in [2.45, 2.75) is 29.8 Å². The standard InChI is InChI=1S/C26H16F8N2O3S/c1-36-19(8-9-35-36)18-11-13(26(32,33)34)3-6-17(18)16-5-2-12-10-14(4-7-15(12)16)40(37,38)39-25-23(30)21(28)20(27)22(29)24(25)31/h3-4,6-11,16H,2,5H2,1H3. The number of benzene rings is 3. The van der Waals surface area contributed by atoms with Gasteiger partial charge in [0.25, 0.3) is 0 Å². The fourth-order valence-corrected chi connectivity index (χ4v) is 5.77. The second-order valence-corrected chi connectivity index (χ2v) is 10.6. The topological polar surface area (TPSA) is 61.2 Å². The Morgan fingerprint density at radius 3 is 2.10 bits per heavy atom. The van der Waals surface area contributed by atoms with Crippen LogP contribution >= 0.6 is 0 Å². The van der Waals surface area contributed by atoms with Gasteiger partial charge in [0.1, 0.15) is 4.90 Å². The summed E-state index contributed by atoms with van der Waals surface area (Å²) in [7, 11) is -3.48. The Balaban J connectivity index is 1.53. The number of halogens is 8. The van der Waals surface area contributed by atoms with E-state index in [-0.39, 0.29) is 12.0 Å². The van der Waals surface area contributed by atoms with Crippen LogP contribution in [0.25, 0.3) is 11.3 Å². The molecule has 40 heavy (non-hydrogen) atoms. The van der Waals surface area contributed by atoms with Crippen molar-refractivity contribution in [2.75, 3.05) is 0 Å². The molecule has 0 fully saturated rings. The minimum atomic E-state index is -5.05. The van der Waals surface area contributed by atoms with Crippen LogP contribution in [0.2, 0.25) is 0 Å². The lowest BCUT2D eigenvalue weighted by Gasteiger charge is -2.19. The lowest BCUT2D eigenvalue weighted by Crippen LogP contribution is -2.15. The van der Waals surface area contributed by atoms with E-state index in [0.717, 1.165) is 24.3 Å². The summed E-state index contributed by atoms with van der Waals surface area (Å²) in [4.78, 5) is -0.616. The van der Waals surface area contributed by atoms with E-state index in [2.05, 4.69) is 9.28 Å². The molecule has 0 saturated carbocycles. The smallest absolute Gasteiger partial charge is 0.372 e. The average Bonchev–Trinajstić information content (AvgIpc) is 3.53. The zero-order valence-corrected chi connectivity index (χ0v) is 21.0. The van der Waals surface area contributed by atoms with Crippen LogP contribution in [-0.2, 0) is 29.8 Å². The molecule has 0 saturated heterocycles. The molecular weight excluding hydrogens is 572 g/mol.